The van der Waals surface area contributed by atoms with Crippen LogP contribution in [0.25, 0.3) is 11.0 Å². The normalized spacial score (nSPS) is 21.0. The van der Waals surface area contributed by atoms with Gasteiger partial charge in [-0.2, -0.15) is 10.4 Å². The van der Waals surface area contributed by atoms with E-state index in [9.17, 15) is 14.9 Å². The summed E-state index contributed by atoms with van der Waals surface area (Å²) in [5.74, 6) is 0.398. The fourth-order valence-corrected chi connectivity index (χ4v) is 4.80. The minimum Gasteiger partial charge on any atom is -0.370 e. The maximum atomic E-state index is 13.6. The molecule has 5 rings (SSSR count). The van der Waals surface area contributed by atoms with E-state index in [1.807, 2.05) is 23.8 Å². The number of hydrogen-bond donors (Lipinski definition) is 0. The molecule has 2 saturated heterocycles. The number of aromatic nitrogens is 3. The van der Waals surface area contributed by atoms with Crippen molar-refractivity contribution in [1.82, 2.24) is 24.6 Å². The van der Waals surface area contributed by atoms with Crippen molar-refractivity contribution >= 4 is 28.5 Å². The van der Waals surface area contributed by atoms with Crippen molar-refractivity contribution in [2.75, 3.05) is 44.2 Å². The smallest absolute Gasteiger partial charge is 0.257 e. The number of piperazine rings is 1. The van der Waals surface area contributed by atoms with Gasteiger partial charge in [0.15, 0.2) is 5.65 Å². The minimum atomic E-state index is -0.327. The second-order valence-corrected chi connectivity index (χ2v) is 9.58. The molecule has 2 aromatic rings. The lowest BCUT2D eigenvalue weighted by atomic mass is 9.81. The average molecular weight is 436 g/mol. The quantitative estimate of drug-likeness (QED) is 0.729. The van der Waals surface area contributed by atoms with Crippen LogP contribution >= 0.6 is 0 Å². The van der Waals surface area contributed by atoms with Gasteiger partial charge in [0.25, 0.3) is 5.91 Å². The average Bonchev–Trinajstić information content (AvgIpc) is 3.61. The highest BCUT2D eigenvalue weighted by atomic mass is 16.2. The second-order valence-electron chi connectivity index (χ2n) is 9.58. The molecule has 0 spiro atoms. The molecule has 4 heterocycles. The van der Waals surface area contributed by atoms with Crippen molar-refractivity contribution < 1.29 is 9.59 Å². The summed E-state index contributed by atoms with van der Waals surface area (Å²) in [6, 6.07) is 2.45. The van der Waals surface area contributed by atoms with Gasteiger partial charge < -0.3 is 14.7 Å². The van der Waals surface area contributed by atoms with Crippen molar-refractivity contribution in [3.63, 3.8) is 0 Å². The highest BCUT2D eigenvalue weighted by molar-refractivity contribution is 6.07. The first kappa shape index (κ1) is 20.7. The van der Waals surface area contributed by atoms with Gasteiger partial charge in [-0.3, -0.25) is 14.3 Å². The van der Waals surface area contributed by atoms with Gasteiger partial charge >= 0.3 is 0 Å². The maximum Gasteiger partial charge on any atom is 0.257 e. The number of nitriles is 1. The van der Waals surface area contributed by atoms with E-state index in [1.54, 1.807) is 17.1 Å². The summed E-state index contributed by atoms with van der Waals surface area (Å²) in [6.07, 6.45) is 6.95. The van der Waals surface area contributed by atoms with E-state index < -0.39 is 0 Å². The number of amides is 2. The molecule has 1 saturated carbocycles. The van der Waals surface area contributed by atoms with Gasteiger partial charge in [0.05, 0.1) is 34.3 Å². The van der Waals surface area contributed by atoms with E-state index in [2.05, 4.69) is 21.1 Å². The Labute approximate surface area is 187 Å². The van der Waals surface area contributed by atoms with Crippen LogP contribution < -0.4 is 4.90 Å². The number of aryl methyl sites for hydroxylation is 1. The third-order valence-corrected chi connectivity index (χ3v) is 7.22. The lowest BCUT2D eigenvalue weighted by molar-refractivity contribution is -0.134. The van der Waals surface area contributed by atoms with Crippen LogP contribution in [0.2, 0.25) is 0 Å². The third-order valence-electron chi connectivity index (χ3n) is 7.22. The first-order valence-corrected chi connectivity index (χ1v) is 11.5. The highest BCUT2D eigenvalue weighted by Gasteiger charge is 2.37. The molecular formula is C23H29N7O2. The predicted molar refractivity (Wildman–Crippen MR) is 119 cm³/mol. The Hall–Kier alpha value is -3.15. The summed E-state index contributed by atoms with van der Waals surface area (Å²) in [5.41, 5.74) is 1.86. The zero-order valence-corrected chi connectivity index (χ0v) is 18.8. The van der Waals surface area contributed by atoms with Gasteiger partial charge in [0, 0.05) is 58.4 Å². The summed E-state index contributed by atoms with van der Waals surface area (Å²) in [5, 5.41) is 14.7. The Bertz CT molecular complexity index is 1100. The van der Waals surface area contributed by atoms with Gasteiger partial charge in [0.1, 0.15) is 0 Å². The van der Waals surface area contributed by atoms with Crippen molar-refractivity contribution in [1.29, 1.82) is 5.26 Å². The number of carbonyl (C=O) groups is 2. The van der Waals surface area contributed by atoms with Gasteiger partial charge in [0.2, 0.25) is 5.91 Å². The van der Waals surface area contributed by atoms with E-state index >= 15 is 0 Å². The van der Waals surface area contributed by atoms with E-state index in [-0.39, 0.29) is 23.1 Å². The molecule has 0 bridgehead atoms. The lowest BCUT2D eigenvalue weighted by Gasteiger charge is -2.38. The number of nitrogens with zero attached hydrogens (tertiary/aromatic N) is 7. The van der Waals surface area contributed by atoms with Crippen molar-refractivity contribution in [3.8, 4) is 6.07 Å². The standard InChI is InChI=1S/C23H29N7O2/c1-23(15-24)5-7-28(8-6-23)19-17-14-26-27(2)20(17)25-13-18(19)22(32)30-11-9-29(10-12-30)21(31)16-3-4-16/h13-14,16H,3-12H2,1-2H3. The van der Waals surface area contributed by atoms with Crippen LogP contribution in [0.5, 0.6) is 0 Å². The predicted octanol–water partition coefficient (Wildman–Crippen LogP) is 1.79. The lowest BCUT2D eigenvalue weighted by Crippen LogP contribution is -2.51. The summed E-state index contributed by atoms with van der Waals surface area (Å²) < 4.78 is 1.72. The molecule has 1 aliphatic carbocycles. The van der Waals surface area contributed by atoms with Crippen molar-refractivity contribution in [3.05, 3.63) is 18.0 Å². The molecule has 32 heavy (non-hydrogen) atoms. The fourth-order valence-electron chi connectivity index (χ4n) is 4.80. The van der Waals surface area contributed by atoms with Crippen LogP contribution in [0, 0.1) is 22.7 Å². The minimum absolute atomic E-state index is 0.0506. The fraction of sp³-hybridized carbons (Fsp3) is 0.609. The molecule has 9 heteroatoms. The first-order valence-electron chi connectivity index (χ1n) is 11.5. The van der Waals surface area contributed by atoms with Crippen LogP contribution in [-0.2, 0) is 11.8 Å². The van der Waals surface area contributed by atoms with Crippen LogP contribution in [0.4, 0.5) is 5.69 Å². The van der Waals surface area contributed by atoms with Crippen molar-refractivity contribution in [2.45, 2.75) is 32.6 Å². The van der Waals surface area contributed by atoms with Crippen LogP contribution in [0.15, 0.2) is 12.4 Å². The molecule has 2 aromatic heterocycles. The number of hydrogen-bond acceptors (Lipinski definition) is 6. The summed E-state index contributed by atoms with van der Waals surface area (Å²) in [7, 11) is 1.85. The maximum absolute atomic E-state index is 13.6. The Kier molecular flexibility index (Phi) is 5.03. The Morgan fingerprint density at radius 1 is 1.06 bits per heavy atom. The van der Waals surface area contributed by atoms with E-state index in [0.717, 1.165) is 42.4 Å². The van der Waals surface area contributed by atoms with Crippen LogP contribution in [-0.4, -0.2) is 75.6 Å². The number of pyridine rings is 1. The Morgan fingerprint density at radius 3 is 2.34 bits per heavy atom. The summed E-state index contributed by atoms with van der Waals surface area (Å²) in [6.45, 7) is 5.67. The molecule has 3 fully saturated rings. The summed E-state index contributed by atoms with van der Waals surface area (Å²) >= 11 is 0. The van der Waals surface area contributed by atoms with Gasteiger partial charge in [-0.1, -0.05) is 0 Å². The second kappa shape index (κ2) is 7.76. The topological polar surface area (TPSA) is 98.4 Å². The molecule has 0 radical (unpaired) electrons. The number of piperidine rings is 1. The molecule has 0 unspecified atom stereocenters. The molecule has 9 nitrogen and oxygen atoms in total. The molecular weight excluding hydrogens is 406 g/mol. The molecule has 0 N–H and O–H groups in total. The molecule has 0 atom stereocenters. The van der Waals surface area contributed by atoms with Gasteiger partial charge in [-0.15, -0.1) is 0 Å². The number of carbonyl (C=O) groups excluding carboxylic acids is 2. The van der Waals surface area contributed by atoms with Crippen LogP contribution in [0.3, 0.4) is 0 Å². The monoisotopic (exact) mass is 435 g/mol. The number of anilines is 1. The molecule has 0 aromatic carbocycles. The zero-order valence-electron chi connectivity index (χ0n) is 18.8. The Morgan fingerprint density at radius 2 is 1.72 bits per heavy atom. The van der Waals surface area contributed by atoms with E-state index in [0.29, 0.717) is 44.8 Å². The van der Waals surface area contributed by atoms with Crippen molar-refractivity contribution in [2.24, 2.45) is 18.4 Å². The van der Waals surface area contributed by atoms with Gasteiger partial charge in [-0.05, 0) is 32.6 Å². The third kappa shape index (κ3) is 3.57. The molecule has 2 amide bonds. The van der Waals surface area contributed by atoms with Gasteiger partial charge in [-0.25, -0.2) is 4.98 Å². The Balaban J connectivity index is 1.41. The zero-order chi connectivity index (χ0) is 22.5. The number of rotatable bonds is 3. The molecule has 3 aliphatic rings. The SMILES string of the molecule is Cn1ncc2c(N3CCC(C)(C#N)CC3)c(C(=O)N3CCN(C(=O)C4CC4)CC3)cnc21. The largest absolute Gasteiger partial charge is 0.370 e. The highest BCUT2D eigenvalue weighted by Crippen LogP contribution is 2.37. The molecule has 168 valence electrons. The molecule has 2 aliphatic heterocycles. The van der Waals surface area contributed by atoms with E-state index in [1.165, 1.54) is 0 Å². The summed E-state index contributed by atoms with van der Waals surface area (Å²) in [4.78, 5) is 36.5. The first-order chi connectivity index (χ1) is 15.4. The van der Waals surface area contributed by atoms with E-state index in [4.69, 9.17) is 0 Å². The number of fused-ring (bicyclic) bond motifs is 1. The van der Waals surface area contributed by atoms with Crippen LogP contribution in [0.1, 0.15) is 43.0 Å².